The Morgan fingerprint density at radius 2 is 2.00 bits per heavy atom. The number of nitrogens with two attached hydrogens (primary N) is 1. The summed E-state index contributed by atoms with van der Waals surface area (Å²) >= 11 is 5.98. The number of hydrogen-bond donors (Lipinski definition) is 1. The van der Waals surface area contributed by atoms with Crippen molar-refractivity contribution in [2.45, 2.75) is 19.4 Å². The van der Waals surface area contributed by atoms with Gasteiger partial charge in [0.05, 0.1) is 4.92 Å². The van der Waals surface area contributed by atoms with Crippen LogP contribution in [0.3, 0.4) is 0 Å². The number of halogens is 1. The Morgan fingerprint density at radius 1 is 1.30 bits per heavy atom. The summed E-state index contributed by atoms with van der Waals surface area (Å²) in [6.45, 7) is 1.91. The van der Waals surface area contributed by atoms with Crippen LogP contribution in [0, 0.1) is 17.0 Å². The Labute approximate surface area is 122 Å². The molecular formula is C15H15ClN2O2. The Morgan fingerprint density at radius 3 is 2.65 bits per heavy atom. The summed E-state index contributed by atoms with van der Waals surface area (Å²) in [6, 6.07) is 11.9. The van der Waals surface area contributed by atoms with Crippen molar-refractivity contribution in [1.29, 1.82) is 0 Å². The molecule has 0 bridgehead atoms. The molecule has 0 saturated heterocycles. The number of nitro groups is 1. The molecular weight excluding hydrogens is 276 g/mol. The highest BCUT2D eigenvalue weighted by atomic mass is 35.5. The monoisotopic (exact) mass is 290 g/mol. The van der Waals surface area contributed by atoms with Crippen molar-refractivity contribution in [3.8, 4) is 0 Å². The zero-order valence-corrected chi connectivity index (χ0v) is 11.8. The van der Waals surface area contributed by atoms with Gasteiger partial charge >= 0.3 is 0 Å². The third-order valence-electron chi connectivity index (χ3n) is 3.24. The molecule has 0 fully saturated rings. The molecule has 0 amide bonds. The van der Waals surface area contributed by atoms with E-state index < -0.39 is 0 Å². The molecule has 0 radical (unpaired) electrons. The average Bonchev–Trinajstić information content (AvgIpc) is 2.42. The van der Waals surface area contributed by atoms with E-state index in [1.54, 1.807) is 24.3 Å². The highest BCUT2D eigenvalue weighted by molar-refractivity contribution is 6.31. The summed E-state index contributed by atoms with van der Waals surface area (Å²) in [6.07, 6.45) is 0.415. The highest BCUT2D eigenvalue weighted by Crippen LogP contribution is 2.25. The molecule has 0 heterocycles. The Balaban J connectivity index is 2.25. The van der Waals surface area contributed by atoms with Gasteiger partial charge in [0, 0.05) is 22.7 Å². The number of para-hydroxylation sites is 1. The fraction of sp³-hybridized carbons (Fsp3) is 0.200. The minimum absolute atomic E-state index is 0.105. The van der Waals surface area contributed by atoms with E-state index in [0.29, 0.717) is 17.0 Å². The normalized spacial score (nSPS) is 12.2. The second-order valence-corrected chi connectivity index (χ2v) is 5.11. The number of benzene rings is 2. The Bertz CT molecular complexity index is 644. The van der Waals surface area contributed by atoms with Gasteiger partial charge in [-0.15, -0.1) is 0 Å². The number of aryl methyl sites for hydroxylation is 1. The zero-order chi connectivity index (χ0) is 14.7. The van der Waals surface area contributed by atoms with Gasteiger partial charge in [0.25, 0.3) is 5.69 Å². The van der Waals surface area contributed by atoms with E-state index in [0.717, 1.165) is 11.1 Å². The topological polar surface area (TPSA) is 69.2 Å². The van der Waals surface area contributed by atoms with Crippen LogP contribution in [0.2, 0.25) is 5.02 Å². The molecule has 104 valence electrons. The van der Waals surface area contributed by atoms with Crippen LogP contribution in [0.5, 0.6) is 0 Å². The average molecular weight is 291 g/mol. The quantitative estimate of drug-likeness (QED) is 0.688. The molecule has 4 nitrogen and oxygen atoms in total. The first-order valence-electron chi connectivity index (χ1n) is 6.23. The number of hydrogen-bond acceptors (Lipinski definition) is 3. The van der Waals surface area contributed by atoms with E-state index in [-0.39, 0.29) is 16.7 Å². The molecule has 0 spiro atoms. The van der Waals surface area contributed by atoms with Gasteiger partial charge in [-0.2, -0.15) is 0 Å². The summed E-state index contributed by atoms with van der Waals surface area (Å²) in [7, 11) is 0. The third-order valence-corrected chi connectivity index (χ3v) is 3.66. The highest BCUT2D eigenvalue weighted by Gasteiger charge is 2.16. The number of nitrogens with zero attached hydrogens (tertiary/aromatic N) is 1. The molecule has 2 rings (SSSR count). The van der Waals surface area contributed by atoms with E-state index in [1.807, 2.05) is 19.1 Å². The SMILES string of the molecule is Cc1cc(C(N)Cc2ccccc2[N+](=O)[O-])ccc1Cl. The first-order valence-corrected chi connectivity index (χ1v) is 6.60. The predicted octanol–water partition coefficient (Wildman–Crippen LogP) is 3.80. The van der Waals surface area contributed by atoms with Crippen molar-refractivity contribution in [2.75, 3.05) is 0 Å². The molecule has 0 aliphatic rings. The summed E-state index contributed by atoms with van der Waals surface area (Å²) in [5.74, 6) is 0. The fourth-order valence-corrected chi connectivity index (χ4v) is 2.23. The molecule has 1 unspecified atom stereocenters. The summed E-state index contributed by atoms with van der Waals surface area (Å²) in [4.78, 5) is 10.6. The second-order valence-electron chi connectivity index (χ2n) is 4.71. The van der Waals surface area contributed by atoms with Crippen molar-refractivity contribution >= 4 is 17.3 Å². The fourth-order valence-electron chi connectivity index (χ4n) is 2.11. The molecule has 2 aromatic carbocycles. The van der Waals surface area contributed by atoms with Gasteiger partial charge in [0.1, 0.15) is 0 Å². The largest absolute Gasteiger partial charge is 0.324 e. The van der Waals surface area contributed by atoms with Crippen LogP contribution < -0.4 is 5.73 Å². The van der Waals surface area contributed by atoms with E-state index in [4.69, 9.17) is 17.3 Å². The van der Waals surface area contributed by atoms with Crippen LogP contribution in [0.25, 0.3) is 0 Å². The Kier molecular flexibility index (Phi) is 4.37. The molecule has 2 aromatic rings. The van der Waals surface area contributed by atoms with E-state index in [9.17, 15) is 10.1 Å². The van der Waals surface area contributed by atoms with Crippen molar-refractivity contribution in [2.24, 2.45) is 5.73 Å². The number of rotatable bonds is 4. The minimum atomic E-state index is -0.380. The lowest BCUT2D eigenvalue weighted by molar-refractivity contribution is -0.385. The molecule has 2 N–H and O–H groups in total. The van der Waals surface area contributed by atoms with Crippen LogP contribution >= 0.6 is 11.6 Å². The van der Waals surface area contributed by atoms with Crippen LogP contribution in [0.1, 0.15) is 22.7 Å². The van der Waals surface area contributed by atoms with Crippen LogP contribution in [-0.2, 0) is 6.42 Å². The first-order chi connectivity index (χ1) is 9.49. The van der Waals surface area contributed by atoms with Gasteiger partial charge < -0.3 is 5.73 Å². The van der Waals surface area contributed by atoms with Crippen molar-refractivity contribution in [1.82, 2.24) is 0 Å². The van der Waals surface area contributed by atoms with Crippen molar-refractivity contribution in [3.05, 3.63) is 74.3 Å². The smallest absolute Gasteiger partial charge is 0.272 e. The van der Waals surface area contributed by atoms with Crippen LogP contribution in [-0.4, -0.2) is 4.92 Å². The second kappa shape index (κ2) is 6.03. The molecule has 0 saturated carbocycles. The molecule has 0 aliphatic carbocycles. The van der Waals surface area contributed by atoms with Gasteiger partial charge in [-0.1, -0.05) is 41.9 Å². The van der Waals surface area contributed by atoms with Gasteiger partial charge in [-0.25, -0.2) is 0 Å². The van der Waals surface area contributed by atoms with Gasteiger partial charge in [-0.3, -0.25) is 10.1 Å². The van der Waals surface area contributed by atoms with Crippen molar-refractivity contribution < 1.29 is 4.92 Å². The molecule has 20 heavy (non-hydrogen) atoms. The maximum atomic E-state index is 11.0. The van der Waals surface area contributed by atoms with E-state index in [1.165, 1.54) is 6.07 Å². The molecule has 0 aromatic heterocycles. The predicted molar refractivity (Wildman–Crippen MR) is 79.9 cm³/mol. The lowest BCUT2D eigenvalue weighted by atomic mass is 9.97. The Hall–Kier alpha value is -1.91. The van der Waals surface area contributed by atoms with Gasteiger partial charge in [0.2, 0.25) is 0 Å². The van der Waals surface area contributed by atoms with Crippen molar-refractivity contribution in [3.63, 3.8) is 0 Å². The van der Waals surface area contributed by atoms with Gasteiger partial charge in [0.15, 0.2) is 0 Å². The summed E-state index contributed by atoms with van der Waals surface area (Å²) in [5.41, 5.74) is 8.76. The standard InChI is InChI=1S/C15H15ClN2O2/c1-10-8-11(6-7-13(10)16)14(17)9-12-4-2-3-5-15(12)18(19)20/h2-8,14H,9,17H2,1H3. The lowest BCUT2D eigenvalue weighted by Crippen LogP contribution is -2.14. The minimum Gasteiger partial charge on any atom is -0.324 e. The molecule has 1 atom stereocenters. The maximum Gasteiger partial charge on any atom is 0.272 e. The third kappa shape index (κ3) is 3.15. The zero-order valence-electron chi connectivity index (χ0n) is 11.0. The van der Waals surface area contributed by atoms with Crippen LogP contribution in [0.4, 0.5) is 5.69 Å². The first kappa shape index (κ1) is 14.5. The number of nitro benzene ring substituents is 1. The maximum absolute atomic E-state index is 11.0. The van der Waals surface area contributed by atoms with E-state index >= 15 is 0 Å². The summed E-state index contributed by atoms with van der Waals surface area (Å²) < 4.78 is 0. The van der Waals surface area contributed by atoms with Crippen LogP contribution in [0.15, 0.2) is 42.5 Å². The lowest BCUT2D eigenvalue weighted by Gasteiger charge is -2.13. The van der Waals surface area contributed by atoms with E-state index in [2.05, 4.69) is 0 Å². The summed E-state index contributed by atoms with van der Waals surface area (Å²) in [5, 5.41) is 11.7. The molecule has 0 aliphatic heterocycles. The molecule has 5 heteroatoms. The van der Waals surface area contributed by atoms with Gasteiger partial charge in [-0.05, 0) is 30.5 Å².